The number of halogens is 1. The smallest absolute Gasteiger partial charge is 0.159 e. The summed E-state index contributed by atoms with van der Waals surface area (Å²) >= 11 is 0. The van der Waals surface area contributed by atoms with E-state index >= 15 is 0 Å². The van der Waals surface area contributed by atoms with Gasteiger partial charge in [-0.15, -0.1) is 0 Å². The first-order chi connectivity index (χ1) is 13.6. The quantitative estimate of drug-likeness (QED) is 0.590. The molecule has 5 rings (SSSR count). The number of hydrogen-bond acceptors (Lipinski definition) is 4. The van der Waals surface area contributed by atoms with Crippen LogP contribution in [0.1, 0.15) is 41.5 Å². The first-order valence-corrected chi connectivity index (χ1v) is 9.75. The monoisotopic (exact) mass is 378 g/mol. The van der Waals surface area contributed by atoms with Gasteiger partial charge in [0.2, 0.25) is 0 Å². The van der Waals surface area contributed by atoms with Crippen molar-refractivity contribution in [3.05, 3.63) is 59.1 Å². The zero-order valence-corrected chi connectivity index (χ0v) is 16.1. The number of rotatable bonds is 3. The molecule has 0 unspecified atom stereocenters. The fourth-order valence-corrected chi connectivity index (χ4v) is 4.23. The molecular formula is C21H23FN6. The van der Waals surface area contributed by atoms with Crippen LogP contribution in [-0.4, -0.2) is 42.6 Å². The molecule has 4 heterocycles. The van der Waals surface area contributed by atoms with Crippen molar-refractivity contribution in [2.24, 2.45) is 0 Å². The van der Waals surface area contributed by atoms with E-state index in [2.05, 4.69) is 37.9 Å². The fourth-order valence-electron chi connectivity index (χ4n) is 4.23. The largest absolute Gasteiger partial charge is 0.342 e. The van der Waals surface area contributed by atoms with E-state index in [-0.39, 0.29) is 5.82 Å². The molecule has 1 saturated heterocycles. The van der Waals surface area contributed by atoms with Gasteiger partial charge >= 0.3 is 0 Å². The summed E-state index contributed by atoms with van der Waals surface area (Å²) in [6.07, 6.45) is 4.01. The van der Waals surface area contributed by atoms with Gasteiger partial charge in [0.05, 0.1) is 17.2 Å². The van der Waals surface area contributed by atoms with Gasteiger partial charge < -0.3 is 4.98 Å². The Morgan fingerprint density at radius 1 is 1.14 bits per heavy atom. The molecule has 1 fully saturated rings. The number of fused-ring (bicyclic) bond motifs is 2. The van der Waals surface area contributed by atoms with Crippen molar-refractivity contribution in [1.29, 1.82) is 0 Å². The summed E-state index contributed by atoms with van der Waals surface area (Å²) in [7, 11) is 0. The van der Waals surface area contributed by atoms with E-state index in [4.69, 9.17) is 0 Å². The van der Waals surface area contributed by atoms with Crippen molar-refractivity contribution in [2.45, 2.75) is 39.2 Å². The normalized spacial score (nSPS) is 16.4. The van der Waals surface area contributed by atoms with E-state index in [1.165, 1.54) is 17.7 Å². The third-order valence-electron chi connectivity index (χ3n) is 5.68. The van der Waals surface area contributed by atoms with E-state index in [0.29, 0.717) is 5.92 Å². The molecule has 1 aliphatic heterocycles. The highest BCUT2D eigenvalue weighted by Gasteiger charge is 2.24. The van der Waals surface area contributed by atoms with Crippen LogP contribution in [0, 0.1) is 19.7 Å². The Morgan fingerprint density at radius 3 is 2.79 bits per heavy atom. The highest BCUT2D eigenvalue weighted by atomic mass is 19.1. The SMILES string of the molecule is Cc1cc(C)n2ncc(CN3CCC(c4nc5ccc(F)cc5[nH]4)CC3)c2n1. The van der Waals surface area contributed by atoms with Crippen LogP contribution in [0.3, 0.4) is 0 Å². The van der Waals surface area contributed by atoms with Gasteiger partial charge in [0.15, 0.2) is 5.65 Å². The number of hydrogen-bond donors (Lipinski definition) is 1. The molecule has 1 N–H and O–H groups in total. The number of nitrogens with one attached hydrogen (secondary N) is 1. The van der Waals surface area contributed by atoms with Gasteiger partial charge in [0.25, 0.3) is 0 Å². The fraction of sp³-hybridized carbons (Fsp3) is 0.381. The highest BCUT2D eigenvalue weighted by Crippen LogP contribution is 2.29. The van der Waals surface area contributed by atoms with Gasteiger partial charge in [-0.25, -0.2) is 18.9 Å². The van der Waals surface area contributed by atoms with E-state index in [1.807, 2.05) is 17.6 Å². The molecule has 0 bridgehead atoms. The van der Waals surface area contributed by atoms with Crippen molar-refractivity contribution >= 4 is 16.7 Å². The van der Waals surface area contributed by atoms with E-state index in [0.717, 1.165) is 66.4 Å². The predicted molar refractivity (Wildman–Crippen MR) is 106 cm³/mol. The van der Waals surface area contributed by atoms with E-state index in [1.54, 1.807) is 6.07 Å². The van der Waals surface area contributed by atoms with Crippen LogP contribution in [0.4, 0.5) is 4.39 Å². The summed E-state index contributed by atoms with van der Waals surface area (Å²) in [6, 6.07) is 6.77. The number of likely N-dealkylation sites (tertiary alicyclic amines) is 1. The van der Waals surface area contributed by atoms with Gasteiger partial charge in [0, 0.05) is 29.4 Å². The minimum atomic E-state index is -0.231. The number of piperidine rings is 1. The number of nitrogens with zero attached hydrogens (tertiary/aromatic N) is 5. The van der Waals surface area contributed by atoms with Crippen LogP contribution < -0.4 is 0 Å². The maximum Gasteiger partial charge on any atom is 0.159 e. The molecule has 7 heteroatoms. The lowest BCUT2D eigenvalue weighted by Crippen LogP contribution is -2.32. The zero-order chi connectivity index (χ0) is 19.3. The Bertz CT molecular complexity index is 1150. The Balaban J connectivity index is 1.29. The molecule has 6 nitrogen and oxygen atoms in total. The number of benzene rings is 1. The van der Waals surface area contributed by atoms with Crippen LogP contribution in [-0.2, 0) is 6.54 Å². The first kappa shape index (κ1) is 17.3. The van der Waals surface area contributed by atoms with Crippen LogP contribution in [0.5, 0.6) is 0 Å². The van der Waals surface area contributed by atoms with Crippen molar-refractivity contribution in [3.8, 4) is 0 Å². The van der Waals surface area contributed by atoms with E-state index < -0.39 is 0 Å². The summed E-state index contributed by atoms with van der Waals surface area (Å²) in [5, 5.41) is 4.50. The summed E-state index contributed by atoms with van der Waals surface area (Å²) in [6.45, 7) is 6.94. The number of aromatic nitrogens is 5. The predicted octanol–water partition coefficient (Wildman–Crippen LogP) is 3.74. The lowest BCUT2D eigenvalue weighted by molar-refractivity contribution is 0.202. The number of imidazole rings is 1. The van der Waals surface area contributed by atoms with Crippen LogP contribution in [0.2, 0.25) is 0 Å². The molecule has 144 valence electrons. The maximum absolute atomic E-state index is 13.4. The molecule has 0 amide bonds. The molecule has 1 aliphatic rings. The Morgan fingerprint density at radius 2 is 1.96 bits per heavy atom. The maximum atomic E-state index is 13.4. The van der Waals surface area contributed by atoms with Gasteiger partial charge in [-0.3, -0.25) is 4.90 Å². The summed E-state index contributed by atoms with van der Waals surface area (Å²) in [4.78, 5) is 15.1. The van der Waals surface area contributed by atoms with E-state index in [9.17, 15) is 4.39 Å². The van der Waals surface area contributed by atoms with Crippen molar-refractivity contribution in [1.82, 2.24) is 29.5 Å². The lowest BCUT2D eigenvalue weighted by Gasteiger charge is -2.30. The topological polar surface area (TPSA) is 62.1 Å². The summed E-state index contributed by atoms with van der Waals surface area (Å²) in [5.74, 6) is 1.13. The lowest BCUT2D eigenvalue weighted by atomic mass is 9.96. The van der Waals surface area contributed by atoms with Gasteiger partial charge in [-0.1, -0.05) is 0 Å². The zero-order valence-electron chi connectivity index (χ0n) is 16.1. The molecule has 3 aromatic heterocycles. The average Bonchev–Trinajstić information content (AvgIpc) is 3.26. The third-order valence-corrected chi connectivity index (χ3v) is 5.68. The Kier molecular flexibility index (Phi) is 4.12. The molecule has 0 atom stereocenters. The van der Waals surface area contributed by atoms with Crippen LogP contribution in [0.25, 0.3) is 16.7 Å². The van der Waals surface area contributed by atoms with Gasteiger partial charge in [-0.05, 0) is 64.0 Å². The molecule has 0 saturated carbocycles. The molecule has 1 aromatic carbocycles. The first-order valence-electron chi connectivity index (χ1n) is 9.75. The number of H-pyrrole nitrogens is 1. The molecule has 0 radical (unpaired) electrons. The molecule has 28 heavy (non-hydrogen) atoms. The van der Waals surface area contributed by atoms with Gasteiger partial charge in [-0.2, -0.15) is 5.10 Å². The average molecular weight is 378 g/mol. The minimum absolute atomic E-state index is 0.231. The second-order valence-electron chi connectivity index (χ2n) is 7.78. The van der Waals surface area contributed by atoms with Crippen molar-refractivity contribution < 1.29 is 4.39 Å². The molecule has 0 spiro atoms. The standard InChI is InChI=1S/C21H23FN6/c1-13-9-14(2)28-21(24-13)16(11-23-28)12-27-7-5-15(6-8-27)20-25-18-4-3-17(22)10-19(18)26-20/h3-4,9-11,15H,5-8,12H2,1-2H3,(H,25,26). The second-order valence-corrected chi connectivity index (χ2v) is 7.78. The number of aryl methyl sites for hydroxylation is 2. The summed E-state index contributed by atoms with van der Waals surface area (Å²) in [5.41, 5.74) is 5.87. The van der Waals surface area contributed by atoms with Crippen LogP contribution >= 0.6 is 0 Å². The van der Waals surface area contributed by atoms with Crippen LogP contribution in [0.15, 0.2) is 30.5 Å². The molecular weight excluding hydrogens is 355 g/mol. The second kappa shape index (κ2) is 6.67. The molecule has 4 aromatic rings. The van der Waals surface area contributed by atoms with Crippen molar-refractivity contribution in [3.63, 3.8) is 0 Å². The van der Waals surface area contributed by atoms with Gasteiger partial charge in [0.1, 0.15) is 11.6 Å². The number of aromatic amines is 1. The highest BCUT2D eigenvalue weighted by molar-refractivity contribution is 5.75. The minimum Gasteiger partial charge on any atom is -0.342 e. The third kappa shape index (κ3) is 3.05. The Labute approximate surface area is 162 Å². The summed E-state index contributed by atoms with van der Waals surface area (Å²) < 4.78 is 15.3. The Hall–Kier alpha value is -2.80. The van der Waals surface area contributed by atoms with Crippen molar-refractivity contribution in [2.75, 3.05) is 13.1 Å². The molecule has 0 aliphatic carbocycles.